The fourth-order valence-corrected chi connectivity index (χ4v) is 2.24. The Labute approximate surface area is 108 Å². The number of carbonyl (C=O) groups excluding carboxylic acids is 1. The van der Waals surface area contributed by atoms with Crippen LogP contribution in [0.15, 0.2) is 24.3 Å². The van der Waals surface area contributed by atoms with E-state index in [1.165, 1.54) is 12.8 Å². The van der Waals surface area contributed by atoms with E-state index >= 15 is 0 Å². The first-order chi connectivity index (χ1) is 8.61. The lowest BCUT2D eigenvalue weighted by molar-refractivity contribution is -0.134. The van der Waals surface area contributed by atoms with Crippen LogP contribution in [-0.2, 0) is 11.3 Å². The summed E-state index contributed by atoms with van der Waals surface area (Å²) in [5.74, 6) is 0.930. The number of hydrogen-bond acceptors (Lipinski definition) is 2. The Bertz CT molecular complexity index is 486. The van der Waals surface area contributed by atoms with E-state index in [-0.39, 0.29) is 11.8 Å². The molecule has 0 spiro atoms. The topological polar surface area (TPSA) is 44.1 Å². The molecule has 0 saturated heterocycles. The average Bonchev–Trinajstić information content (AvgIpc) is 3.21. The monoisotopic (exact) mass is 242 g/mol. The quantitative estimate of drug-likeness (QED) is 0.814. The molecule has 1 aliphatic carbocycles. The van der Waals surface area contributed by atoms with E-state index in [1.54, 1.807) is 11.0 Å². The van der Waals surface area contributed by atoms with Gasteiger partial charge < -0.3 is 4.90 Å². The van der Waals surface area contributed by atoms with Crippen molar-refractivity contribution in [2.75, 3.05) is 7.05 Å². The Balaban J connectivity index is 1.99. The molecule has 3 heteroatoms. The van der Waals surface area contributed by atoms with Gasteiger partial charge in [0.15, 0.2) is 0 Å². The van der Waals surface area contributed by atoms with Crippen LogP contribution in [0, 0.1) is 23.2 Å². The summed E-state index contributed by atoms with van der Waals surface area (Å²) in [4.78, 5) is 13.9. The van der Waals surface area contributed by atoms with Gasteiger partial charge in [0.1, 0.15) is 0 Å². The van der Waals surface area contributed by atoms with Crippen LogP contribution in [0.3, 0.4) is 0 Å². The van der Waals surface area contributed by atoms with Crippen molar-refractivity contribution in [2.24, 2.45) is 11.8 Å². The molecule has 3 nitrogen and oxygen atoms in total. The summed E-state index contributed by atoms with van der Waals surface area (Å²) < 4.78 is 0. The molecule has 1 aliphatic rings. The lowest BCUT2D eigenvalue weighted by Crippen LogP contribution is -2.32. The molecule has 0 radical (unpaired) electrons. The number of benzene rings is 1. The Morgan fingerprint density at radius 3 is 2.89 bits per heavy atom. The molecule has 0 N–H and O–H groups in total. The highest BCUT2D eigenvalue weighted by atomic mass is 16.2. The number of hydrogen-bond donors (Lipinski definition) is 0. The van der Waals surface area contributed by atoms with Crippen LogP contribution in [0.1, 0.15) is 30.9 Å². The van der Waals surface area contributed by atoms with Gasteiger partial charge in [-0.2, -0.15) is 5.26 Å². The summed E-state index contributed by atoms with van der Waals surface area (Å²) >= 11 is 0. The SMILES string of the molecule is CC(C(=O)N(C)Cc1cccc(C#N)c1)C1CC1. The lowest BCUT2D eigenvalue weighted by Gasteiger charge is -2.21. The van der Waals surface area contributed by atoms with E-state index in [0.29, 0.717) is 18.0 Å². The predicted molar refractivity (Wildman–Crippen MR) is 69.5 cm³/mol. The van der Waals surface area contributed by atoms with Gasteiger partial charge in [-0.05, 0) is 36.5 Å². The standard InChI is InChI=1S/C15H18N2O/c1-11(14-6-7-14)15(18)17(2)10-13-5-3-4-12(8-13)9-16/h3-5,8,11,14H,6-7,10H2,1-2H3. The molecular weight excluding hydrogens is 224 g/mol. The van der Waals surface area contributed by atoms with Crippen molar-refractivity contribution in [3.8, 4) is 6.07 Å². The van der Waals surface area contributed by atoms with Crippen LogP contribution in [0.5, 0.6) is 0 Å². The Hall–Kier alpha value is -1.82. The van der Waals surface area contributed by atoms with Gasteiger partial charge in [-0.1, -0.05) is 19.1 Å². The summed E-state index contributed by atoms with van der Waals surface area (Å²) in [5, 5.41) is 8.84. The maximum absolute atomic E-state index is 12.1. The van der Waals surface area contributed by atoms with Crippen LogP contribution >= 0.6 is 0 Å². The van der Waals surface area contributed by atoms with Crippen molar-refractivity contribution < 1.29 is 4.79 Å². The molecule has 0 bridgehead atoms. The molecule has 94 valence electrons. The number of rotatable bonds is 4. The van der Waals surface area contributed by atoms with E-state index in [9.17, 15) is 4.79 Å². The molecule has 1 amide bonds. The van der Waals surface area contributed by atoms with Gasteiger partial charge in [-0.25, -0.2) is 0 Å². The molecule has 0 aromatic heterocycles. The fourth-order valence-electron chi connectivity index (χ4n) is 2.24. The van der Waals surface area contributed by atoms with Crippen LogP contribution < -0.4 is 0 Å². The summed E-state index contributed by atoms with van der Waals surface area (Å²) in [6.07, 6.45) is 2.37. The van der Waals surface area contributed by atoms with Crippen LogP contribution in [0.4, 0.5) is 0 Å². The predicted octanol–water partition coefficient (Wildman–Crippen LogP) is 2.56. The van der Waals surface area contributed by atoms with Gasteiger partial charge in [-0.3, -0.25) is 4.79 Å². The molecule has 2 rings (SSSR count). The van der Waals surface area contributed by atoms with Crippen molar-refractivity contribution in [1.82, 2.24) is 4.90 Å². The Morgan fingerprint density at radius 2 is 2.28 bits per heavy atom. The zero-order valence-corrected chi connectivity index (χ0v) is 10.9. The first-order valence-electron chi connectivity index (χ1n) is 6.36. The fraction of sp³-hybridized carbons (Fsp3) is 0.467. The normalized spacial score (nSPS) is 15.8. The number of carbonyl (C=O) groups is 1. The minimum atomic E-state index is 0.133. The molecule has 1 fully saturated rings. The van der Waals surface area contributed by atoms with Gasteiger partial charge >= 0.3 is 0 Å². The van der Waals surface area contributed by atoms with Crippen molar-refractivity contribution in [1.29, 1.82) is 5.26 Å². The molecule has 0 aliphatic heterocycles. The minimum Gasteiger partial charge on any atom is -0.341 e. The zero-order chi connectivity index (χ0) is 13.1. The summed E-state index contributed by atoms with van der Waals surface area (Å²) in [6, 6.07) is 9.54. The largest absolute Gasteiger partial charge is 0.341 e. The third-order valence-electron chi connectivity index (χ3n) is 3.57. The highest BCUT2D eigenvalue weighted by Crippen LogP contribution is 2.37. The lowest BCUT2D eigenvalue weighted by atomic mass is 10.0. The van der Waals surface area contributed by atoms with Crippen molar-refractivity contribution >= 4 is 5.91 Å². The van der Waals surface area contributed by atoms with Crippen LogP contribution in [0.2, 0.25) is 0 Å². The van der Waals surface area contributed by atoms with Gasteiger partial charge in [-0.15, -0.1) is 0 Å². The van der Waals surface area contributed by atoms with E-state index in [0.717, 1.165) is 5.56 Å². The average molecular weight is 242 g/mol. The number of amides is 1. The van der Waals surface area contributed by atoms with Gasteiger partial charge in [0.25, 0.3) is 0 Å². The van der Waals surface area contributed by atoms with E-state index in [1.807, 2.05) is 32.2 Å². The highest BCUT2D eigenvalue weighted by molar-refractivity contribution is 5.78. The molecule has 18 heavy (non-hydrogen) atoms. The molecule has 1 aromatic rings. The molecule has 1 saturated carbocycles. The summed E-state index contributed by atoms with van der Waals surface area (Å²) in [5.41, 5.74) is 1.65. The van der Waals surface area contributed by atoms with Gasteiger partial charge in [0.05, 0.1) is 11.6 Å². The minimum absolute atomic E-state index is 0.133. The summed E-state index contributed by atoms with van der Waals surface area (Å²) in [7, 11) is 1.83. The maximum Gasteiger partial charge on any atom is 0.225 e. The van der Waals surface area contributed by atoms with Crippen LogP contribution in [-0.4, -0.2) is 17.9 Å². The Morgan fingerprint density at radius 1 is 1.56 bits per heavy atom. The van der Waals surface area contributed by atoms with Crippen molar-refractivity contribution in [3.05, 3.63) is 35.4 Å². The number of nitriles is 1. The maximum atomic E-state index is 12.1. The zero-order valence-electron chi connectivity index (χ0n) is 10.9. The molecule has 1 atom stereocenters. The van der Waals surface area contributed by atoms with E-state index < -0.39 is 0 Å². The highest BCUT2D eigenvalue weighted by Gasteiger charge is 2.33. The molecular formula is C15H18N2O. The van der Waals surface area contributed by atoms with Gasteiger partial charge in [0.2, 0.25) is 5.91 Å². The van der Waals surface area contributed by atoms with Crippen LogP contribution in [0.25, 0.3) is 0 Å². The first kappa shape index (κ1) is 12.6. The molecule has 1 aromatic carbocycles. The van der Waals surface area contributed by atoms with Gasteiger partial charge in [0, 0.05) is 19.5 Å². The molecule has 1 unspecified atom stereocenters. The Kier molecular flexibility index (Phi) is 3.66. The van der Waals surface area contributed by atoms with Crippen molar-refractivity contribution in [2.45, 2.75) is 26.3 Å². The smallest absolute Gasteiger partial charge is 0.225 e. The first-order valence-corrected chi connectivity index (χ1v) is 6.36. The summed E-state index contributed by atoms with van der Waals surface area (Å²) in [6.45, 7) is 2.59. The second kappa shape index (κ2) is 5.22. The van der Waals surface area contributed by atoms with Crippen molar-refractivity contribution in [3.63, 3.8) is 0 Å². The third kappa shape index (κ3) is 2.89. The van der Waals surface area contributed by atoms with E-state index in [4.69, 9.17) is 5.26 Å². The van der Waals surface area contributed by atoms with E-state index in [2.05, 4.69) is 6.07 Å². The third-order valence-corrected chi connectivity index (χ3v) is 3.57. The number of nitrogens with zero attached hydrogens (tertiary/aromatic N) is 2. The second-order valence-corrected chi connectivity index (χ2v) is 5.13. The second-order valence-electron chi connectivity index (χ2n) is 5.13. The molecule has 0 heterocycles.